The quantitative estimate of drug-likeness (QED) is 0.767. The Morgan fingerprint density at radius 3 is 3.07 bits per heavy atom. The number of nitrogens with zero attached hydrogens (tertiary/aromatic N) is 1. The molecule has 1 aromatic rings. The third kappa shape index (κ3) is 1.57. The van der Waals surface area contributed by atoms with Gasteiger partial charge in [0.15, 0.2) is 0 Å². The molecule has 0 aromatic heterocycles. The first-order valence-electron chi connectivity index (χ1n) is 4.40. The number of hydrogen-bond acceptors (Lipinski definition) is 3. The first-order chi connectivity index (χ1) is 6.68. The summed E-state index contributed by atoms with van der Waals surface area (Å²) in [6, 6.07) is 5.29. The summed E-state index contributed by atoms with van der Waals surface area (Å²) in [5.41, 5.74) is 1.39. The Hall–Kier alpha value is -1.16. The molecule has 0 aliphatic carbocycles. The number of aromatic carboxylic acids is 1. The van der Waals surface area contributed by atoms with Crippen LogP contribution in [0.2, 0.25) is 0 Å². The molecule has 1 aliphatic heterocycles. The molecule has 0 spiro atoms. The first kappa shape index (κ1) is 9.40. The maximum atomic E-state index is 10.8. The number of thioether (sulfide) groups is 1. The van der Waals surface area contributed by atoms with Crippen molar-refractivity contribution in [2.24, 2.45) is 0 Å². The van der Waals surface area contributed by atoms with Crippen LogP contribution >= 0.6 is 11.8 Å². The smallest absolute Gasteiger partial charge is 0.335 e. The van der Waals surface area contributed by atoms with Crippen molar-refractivity contribution in [3.63, 3.8) is 0 Å². The fourth-order valence-corrected chi connectivity index (χ4v) is 2.60. The van der Waals surface area contributed by atoms with Gasteiger partial charge in [0, 0.05) is 24.2 Å². The van der Waals surface area contributed by atoms with Crippen LogP contribution in [0.15, 0.2) is 23.1 Å². The van der Waals surface area contributed by atoms with Crippen LogP contribution < -0.4 is 4.90 Å². The van der Waals surface area contributed by atoms with Crippen molar-refractivity contribution in [1.82, 2.24) is 0 Å². The van der Waals surface area contributed by atoms with Gasteiger partial charge in [-0.25, -0.2) is 4.79 Å². The number of carbonyl (C=O) groups is 1. The lowest BCUT2D eigenvalue weighted by Crippen LogP contribution is -2.24. The Morgan fingerprint density at radius 1 is 1.57 bits per heavy atom. The Balaban J connectivity index is 2.45. The highest BCUT2D eigenvalue weighted by Gasteiger charge is 2.15. The Bertz CT molecular complexity index is 378. The van der Waals surface area contributed by atoms with Crippen molar-refractivity contribution in [2.75, 3.05) is 24.2 Å². The maximum absolute atomic E-state index is 10.8. The summed E-state index contributed by atoms with van der Waals surface area (Å²) < 4.78 is 0. The van der Waals surface area contributed by atoms with Crippen molar-refractivity contribution in [3.8, 4) is 0 Å². The zero-order valence-corrected chi connectivity index (χ0v) is 8.67. The third-order valence-corrected chi connectivity index (χ3v) is 3.34. The molecule has 0 atom stereocenters. The highest BCUT2D eigenvalue weighted by atomic mass is 32.2. The van der Waals surface area contributed by atoms with Gasteiger partial charge in [0.2, 0.25) is 0 Å². The van der Waals surface area contributed by atoms with Crippen LogP contribution in [0.3, 0.4) is 0 Å². The van der Waals surface area contributed by atoms with Gasteiger partial charge in [-0.1, -0.05) is 0 Å². The van der Waals surface area contributed by atoms with E-state index in [0.29, 0.717) is 5.56 Å². The zero-order chi connectivity index (χ0) is 10.1. The summed E-state index contributed by atoms with van der Waals surface area (Å²) in [5, 5.41) is 8.85. The van der Waals surface area contributed by atoms with Crippen LogP contribution in [-0.4, -0.2) is 30.4 Å². The van der Waals surface area contributed by atoms with Gasteiger partial charge >= 0.3 is 5.97 Å². The minimum absolute atomic E-state index is 0.359. The minimum Gasteiger partial charge on any atom is -0.478 e. The van der Waals surface area contributed by atoms with E-state index in [9.17, 15) is 4.79 Å². The molecule has 0 saturated carbocycles. The topological polar surface area (TPSA) is 40.5 Å². The molecule has 1 heterocycles. The lowest BCUT2D eigenvalue weighted by Gasteiger charge is -2.27. The van der Waals surface area contributed by atoms with Gasteiger partial charge in [-0.15, -0.1) is 11.8 Å². The molecule has 1 aromatic carbocycles. The summed E-state index contributed by atoms with van der Waals surface area (Å²) in [6.45, 7) is 0.973. The van der Waals surface area contributed by atoms with E-state index in [0.717, 1.165) is 18.0 Å². The van der Waals surface area contributed by atoms with E-state index >= 15 is 0 Å². The third-order valence-electron chi connectivity index (χ3n) is 2.30. The molecule has 4 heteroatoms. The highest BCUT2D eigenvalue weighted by molar-refractivity contribution is 7.99. The predicted octanol–water partition coefficient (Wildman–Crippen LogP) is 1.93. The van der Waals surface area contributed by atoms with Gasteiger partial charge in [0.25, 0.3) is 0 Å². The second-order valence-corrected chi connectivity index (χ2v) is 4.39. The van der Waals surface area contributed by atoms with E-state index < -0.39 is 5.97 Å². The molecule has 1 N–H and O–H groups in total. The van der Waals surface area contributed by atoms with E-state index in [4.69, 9.17) is 5.11 Å². The van der Waals surface area contributed by atoms with Crippen LogP contribution in [-0.2, 0) is 0 Å². The van der Waals surface area contributed by atoms with E-state index in [1.807, 2.05) is 13.1 Å². The van der Waals surface area contributed by atoms with Crippen molar-refractivity contribution in [3.05, 3.63) is 23.8 Å². The monoisotopic (exact) mass is 209 g/mol. The number of anilines is 1. The van der Waals surface area contributed by atoms with Crippen molar-refractivity contribution in [1.29, 1.82) is 0 Å². The first-order valence-corrected chi connectivity index (χ1v) is 5.38. The average Bonchev–Trinajstić information content (AvgIpc) is 2.18. The standard InChI is InChI=1S/C10H11NO2S/c1-11-4-5-14-9-3-2-7(10(12)13)6-8(9)11/h2-3,6H,4-5H2,1H3,(H,12,13). The largest absolute Gasteiger partial charge is 0.478 e. The van der Waals surface area contributed by atoms with Gasteiger partial charge in [-0.2, -0.15) is 0 Å². The summed E-state index contributed by atoms with van der Waals surface area (Å²) in [5.74, 6) is 0.201. The van der Waals surface area contributed by atoms with Crippen molar-refractivity contribution in [2.45, 2.75) is 4.90 Å². The van der Waals surface area contributed by atoms with Crippen molar-refractivity contribution < 1.29 is 9.90 Å². The van der Waals surface area contributed by atoms with Gasteiger partial charge < -0.3 is 10.0 Å². The second kappa shape index (κ2) is 3.53. The fourth-order valence-electron chi connectivity index (χ4n) is 1.48. The molecule has 2 rings (SSSR count). The number of hydrogen-bond donors (Lipinski definition) is 1. The summed E-state index contributed by atoms with van der Waals surface area (Å²) in [7, 11) is 1.99. The molecule has 3 nitrogen and oxygen atoms in total. The molecule has 0 radical (unpaired) electrons. The van der Waals surface area contributed by atoms with Crippen LogP contribution in [0.5, 0.6) is 0 Å². The van der Waals surface area contributed by atoms with E-state index in [1.165, 1.54) is 4.90 Å². The van der Waals surface area contributed by atoms with Gasteiger partial charge in [-0.05, 0) is 18.2 Å². The number of carboxylic acids is 1. The van der Waals surface area contributed by atoms with E-state index in [-0.39, 0.29) is 0 Å². The normalized spacial score (nSPS) is 15.1. The summed E-state index contributed by atoms with van der Waals surface area (Å²) in [4.78, 5) is 14.0. The molecule has 0 fully saturated rings. The van der Waals surface area contributed by atoms with Gasteiger partial charge in [0.1, 0.15) is 0 Å². The van der Waals surface area contributed by atoms with Crippen LogP contribution in [0.25, 0.3) is 0 Å². The van der Waals surface area contributed by atoms with Crippen LogP contribution in [0, 0.1) is 0 Å². The molecule has 14 heavy (non-hydrogen) atoms. The molecular formula is C10H11NO2S. The highest BCUT2D eigenvalue weighted by Crippen LogP contribution is 2.34. The number of carboxylic acid groups (broad SMARTS) is 1. The van der Waals surface area contributed by atoms with Gasteiger partial charge in [0.05, 0.1) is 11.3 Å². The molecular weight excluding hydrogens is 198 g/mol. The fraction of sp³-hybridized carbons (Fsp3) is 0.300. The summed E-state index contributed by atoms with van der Waals surface area (Å²) in [6.07, 6.45) is 0. The van der Waals surface area contributed by atoms with Gasteiger partial charge in [-0.3, -0.25) is 0 Å². The zero-order valence-electron chi connectivity index (χ0n) is 7.86. The molecule has 0 unspecified atom stereocenters. The second-order valence-electron chi connectivity index (χ2n) is 3.26. The Labute approximate surface area is 86.7 Å². The Morgan fingerprint density at radius 2 is 2.36 bits per heavy atom. The molecule has 0 amide bonds. The van der Waals surface area contributed by atoms with Crippen LogP contribution in [0.4, 0.5) is 5.69 Å². The van der Waals surface area contributed by atoms with Crippen molar-refractivity contribution >= 4 is 23.4 Å². The Kier molecular flexibility index (Phi) is 2.37. The number of rotatable bonds is 1. The molecule has 0 saturated heterocycles. The number of benzene rings is 1. The van der Waals surface area contributed by atoms with E-state index in [1.54, 1.807) is 23.9 Å². The molecule has 74 valence electrons. The predicted molar refractivity (Wildman–Crippen MR) is 57.4 cm³/mol. The molecule has 1 aliphatic rings. The lowest BCUT2D eigenvalue weighted by molar-refractivity contribution is 0.0697. The maximum Gasteiger partial charge on any atom is 0.335 e. The average molecular weight is 209 g/mol. The number of fused-ring (bicyclic) bond motifs is 1. The lowest BCUT2D eigenvalue weighted by atomic mass is 10.2. The SMILES string of the molecule is CN1CCSc2ccc(C(=O)O)cc21. The summed E-state index contributed by atoms with van der Waals surface area (Å²) >= 11 is 1.78. The van der Waals surface area contributed by atoms with E-state index in [2.05, 4.69) is 4.90 Å². The molecule has 0 bridgehead atoms. The van der Waals surface area contributed by atoms with Crippen LogP contribution in [0.1, 0.15) is 10.4 Å². The minimum atomic E-state index is -0.864.